The molecule has 1 aliphatic heterocycles. The van der Waals surface area contributed by atoms with Crippen LogP contribution in [0.3, 0.4) is 0 Å². The first-order valence-electron chi connectivity index (χ1n) is 12.6. The van der Waals surface area contributed by atoms with Gasteiger partial charge in [0.1, 0.15) is 23.6 Å². The molecule has 1 aromatic heterocycles. The summed E-state index contributed by atoms with van der Waals surface area (Å²) in [7, 11) is 0. The van der Waals surface area contributed by atoms with E-state index in [1.807, 2.05) is 36.4 Å². The molecule has 0 spiro atoms. The van der Waals surface area contributed by atoms with E-state index >= 15 is 0 Å². The summed E-state index contributed by atoms with van der Waals surface area (Å²) in [6.07, 6.45) is 5.44. The van der Waals surface area contributed by atoms with Gasteiger partial charge in [-0.2, -0.15) is 0 Å². The summed E-state index contributed by atoms with van der Waals surface area (Å²) < 4.78 is 11.4. The van der Waals surface area contributed by atoms with Gasteiger partial charge < -0.3 is 24.7 Å². The fraction of sp³-hybridized carbons (Fsp3) is 0.345. The Bertz CT molecular complexity index is 1360. The number of aromatic nitrogens is 1. The van der Waals surface area contributed by atoms with Gasteiger partial charge in [0.15, 0.2) is 0 Å². The number of nitrogens with zero attached hydrogens (tertiary/aromatic N) is 1. The number of rotatable bonds is 7. The number of carbonyl (C=O) groups excluding carboxylic acids is 1. The minimum Gasteiger partial charge on any atom is -0.486 e. The molecule has 0 fully saturated rings. The van der Waals surface area contributed by atoms with Crippen LogP contribution < -0.4 is 20.0 Å². The molecule has 5 rings (SSSR count). The quantitative estimate of drug-likeness (QED) is 0.415. The average molecular weight is 523 g/mol. The van der Waals surface area contributed by atoms with Gasteiger partial charge in [0.2, 0.25) is 0 Å². The number of hydrogen-bond donors (Lipinski definition) is 3. The van der Waals surface area contributed by atoms with Gasteiger partial charge in [-0.3, -0.25) is 4.90 Å². The van der Waals surface area contributed by atoms with E-state index in [9.17, 15) is 15.0 Å². The van der Waals surface area contributed by atoms with Gasteiger partial charge in [-0.25, -0.2) is 4.79 Å². The van der Waals surface area contributed by atoms with Crippen LogP contribution in [0, 0.1) is 0 Å². The summed E-state index contributed by atoms with van der Waals surface area (Å²) in [5.74, 6) is 1.03. The number of aromatic amines is 1. The molecule has 2 heterocycles. The number of aliphatic hydroxyl groups is 2. The van der Waals surface area contributed by atoms with Crippen molar-refractivity contribution in [2.75, 3.05) is 19.8 Å². The zero-order valence-electron chi connectivity index (χ0n) is 20.7. The first-order valence-corrected chi connectivity index (χ1v) is 13.1. The molecule has 1 amide bonds. The predicted molar refractivity (Wildman–Crippen MR) is 142 cm³/mol. The van der Waals surface area contributed by atoms with Crippen LogP contribution in [0.4, 0.5) is 4.79 Å². The fourth-order valence-electron chi connectivity index (χ4n) is 5.00. The van der Waals surface area contributed by atoms with Crippen LogP contribution in [0.2, 0.25) is 0 Å². The third-order valence-electron chi connectivity index (χ3n) is 6.97. The van der Waals surface area contributed by atoms with Crippen molar-refractivity contribution in [3.8, 4) is 11.5 Å². The highest BCUT2D eigenvalue weighted by Crippen LogP contribution is 2.34. The number of fused-ring (bicyclic) bond motifs is 3. The van der Waals surface area contributed by atoms with Crippen LogP contribution in [0.1, 0.15) is 41.8 Å². The van der Waals surface area contributed by atoms with Crippen molar-refractivity contribution >= 4 is 29.8 Å². The third kappa shape index (κ3) is 5.25. The zero-order chi connectivity index (χ0) is 25.9. The first kappa shape index (κ1) is 25.4. The van der Waals surface area contributed by atoms with Crippen molar-refractivity contribution in [1.82, 2.24) is 9.88 Å². The number of carbonyl (C=O) groups is 1. The minimum absolute atomic E-state index is 0.0534. The Labute approximate surface area is 220 Å². The summed E-state index contributed by atoms with van der Waals surface area (Å²) in [4.78, 5) is 18.8. The van der Waals surface area contributed by atoms with E-state index in [4.69, 9.17) is 21.1 Å². The van der Waals surface area contributed by atoms with Crippen molar-refractivity contribution in [1.29, 1.82) is 0 Å². The number of benzene rings is 2. The Morgan fingerprint density at radius 3 is 2.49 bits per heavy atom. The molecule has 7 nitrogen and oxygen atoms in total. The maximum Gasteiger partial charge on any atom is 0.416 e. The maximum absolute atomic E-state index is 13.5. The van der Waals surface area contributed by atoms with Gasteiger partial charge >= 0.3 is 6.09 Å². The molecule has 0 saturated heterocycles. The van der Waals surface area contributed by atoms with Gasteiger partial charge in [0.05, 0.1) is 18.6 Å². The van der Waals surface area contributed by atoms with Crippen LogP contribution in [0.15, 0.2) is 48.5 Å². The first-order chi connectivity index (χ1) is 18.0. The summed E-state index contributed by atoms with van der Waals surface area (Å²) in [5.41, 5.74) is 4.18. The highest BCUT2D eigenvalue weighted by molar-refractivity contribution is 6.24. The Balaban J connectivity index is 1.50. The van der Waals surface area contributed by atoms with Crippen LogP contribution in [0.5, 0.6) is 11.5 Å². The lowest BCUT2D eigenvalue weighted by molar-refractivity contribution is 0.0629. The molecule has 1 unspecified atom stereocenters. The van der Waals surface area contributed by atoms with E-state index in [0.717, 1.165) is 34.7 Å². The zero-order valence-corrected chi connectivity index (χ0v) is 21.4. The molecule has 0 saturated carbocycles. The largest absolute Gasteiger partial charge is 0.486 e. The molecule has 2 atom stereocenters. The maximum atomic E-state index is 13.5. The number of H-pyrrole nitrogens is 1. The van der Waals surface area contributed by atoms with Gasteiger partial charge in [-0.05, 0) is 60.2 Å². The lowest BCUT2D eigenvalue weighted by Gasteiger charge is -2.35. The number of hydrogen-bond acceptors (Lipinski definition) is 5. The lowest BCUT2D eigenvalue weighted by Crippen LogP contribution is -2.43. The number of aliphatic hydroxyl groups excluding tert-OH is 2. The third-order valence-corrected chi connectivity index (χ3v) is 7.27. The highest BCUT2D eigenvalue weighted by atomic mass is 35.5. The van der Waals surface area contributed by atoms with E-state index in [1.165, 1.54) is 11.1 Å². The monoisotopic (exact) mass is 522 g/mol. The molecule has 3 N–H and O–H groups in total. The van der Waals surface area contributed by atoms with Crippen molar-refractivity contribution in [3.63, 3.8) is 0 Å². The molecular formula is C29H31ClN2O5. The normalized spacial score (nSPS) is 18.5. The molecule has 8 heteroatoms. The molecule has 2 aliphatic rings. The Kier molecular flexibility index (Phi) is 7.55. The van der Waals surface area contributed by atoms with Crippen molar-refractivity contribution in [2.24, 2.45) is 0 Å². The number of ether oxygens (including phenoxy) is 2. The number of alkyl halides is 1. The number of aryl methyl sites for hydroxylation is 1. The average Bonchev–Trinajstić information content (AvgIpc) is 3.29. The molecule has 3 aromatic rings. The second-order valence-corrected chi connectivity index (χ2v) is 9.91. The minimum atomic E-state index is -0.692. The number of amides is 1. The molecule has 2 aromatic carbocycles. The van der Waals surface area contributed by atoms with Gasteiger partial charge in [-0.15, -0.1) is 11.6 Å². The SMILES string of the molecule is CCc1ccc(OC(=O)N2CCc3c([nH]c4c3=CC(Cl)CC=4)[C@@H]2c2ccc(OC(CO)CO)cc2)cc1. The smallest absolute Gasteiger partial charge is 0.416 e. The molecule has 194 valence electrons. The topological polar surface area (TPSA) is 95.0 Å². The van der Waals surface area contributed by atoms with E-state index < -0.39 is 18.2 Å². The Morgan fingerprint density at radius 1 is 1.11 bits per heavy atom. The summed E-state index contributed by atoms with van der Waals surface area (Å²) in [5, 5.41) is 20.8. The van der Waals surface area contributed by atoms with E-state index in [1.54, 1.807) is 17.0 Å². The van der Waals surface area contributed by atoms with Crippen LogP contribution in [-0.4, -0.2) is 57.4 Å². The summed E-state index contributed by atoms with van der Waals surface area (Å²) in [6.45, 7) is 2.00. The Hall–Kier alpha value is -3.26. The lowest BCUT2D eigenvalue weighted by atomic mass is 9.92. The number of nitrogens with one attached hydrogen (secondary N) is 1. The Morgan fingerprint density at radius 2 is 1.81 bits per heavy atom. The van der Waals surface area contributed by atoms with Gasteiger partial charge in [0, 0.05) is 22.8 Å². The van der Waals surface area contributed by atoms with Crippen LogP contribution in [0.25, 0.3) is 12.2 Å². The molecule has 0 radical (unpaired) electrons. The van der Waals surface area contributed by atoms with E-state index in [-0.39, 0.29) is 18.6 Å². The van der Waals surface area contributed by atoms with Gasteiger partial charge in [0.25, 0.3) is 0 Å². The van der Waals surface area contributed by atoms with Crippen molar-refractivity contribution in [2.45, 2.75) is 43.7 Å². The molecule has 1 aliphatic carbocycles. The summed E-state index contributed by atoms with van der Waals surface area (Å²) >= 11 is 6.44. The van der Waals surface area contributed by atoms with E-state index in [2.05, 4.69) is 24.1 Å². The van der Waals surface area contributed by atoms with Crippen molar-refractivity contribution in [3.05, 3.63) is 81.5 Å². The van der Waals surface area contributed by atoms with Crippen LogP contribution in [-0.2, 0) is 12.8 Å². The number of halogens is 1. The molecular weight excluding hydrogens is 492 g/mol. The predicted octanol–water partition coefficient (Wildman–Crippen LogP) is 3.03. The fourth-order valence-corrected chi connectivity index (χ4v) is 5.21. The van der Waals surface area contributed by atoms with E-state index in [0.29, 0.717) is 24.5 Å². The second kappa shape index (κ2) is 11.0. The second-order valence-electron chi connectivity index (χ2n) is 9.35. The van der Waals surface area contributed by atoms with Crippen LogP contribution >= 0.6 is 11.6 Å². The van der Waals surface area contributed by atoms with Crippen molar-refractivity contribution < 1.29 is 24.5 Å². The summed E-state index contributed by atoms with van der Waals surface area (Å²) in [6, 6.07) is 14.5. The molecule has 37 heavy (non-hydrogen) atoms. The molecule has 0 bridgehead atoms. The highest BCUT2D eigenvalue weighted by Gasteiger charge is 2.35. The van der Waals surface area contributed by atoms with Gasteiger partial charge in [-0.1, -0.05) is 43.3 Å². The standard InChI is InChI=1S/C29H31ClN2O5/c1-2-18-3-8-22(9-4-18)37-29(35)32-14-13-24-25-15-20(30)7-12-26(25)31-27(24)28(32)19-5-10-21(11-6-19)36-23(16-33)17-34/h3-6,8-12,15,20,23,28,31,33-34H,2,7,13-14,16-17H2,1H3/t20?,28-/m0/s1.